The van der Waals surface area contributed by atoms with E-state index in [1.807, 2.05) is 48.7 Å². The van der Waals surface area contributed by atoms with Crippen molar-refractivity contribution in [3.63, 3.8) is 0 Å². The first-order valence-corrected chi connectivity index (χ1v) is 11.4. The van der Waals surface area contributed by atoms with Crippen LogP contribution in [-0.2, 0) is 19.1 Å². The highest BCUT2D eigenvalue weighted by Gasteiger charge is 2.43. The first-order valence-electron chi connectivity index (χ1n) is 10.5. The van der Waals surface area contributed by atoms with E-state index >= 15 is 0 Å². The van der Waals surface area contributed by atoms with E-state index in [1.165, 1.54) is 17.4 Å². The van der Waals surface area contributed by atoms with Crippen LogP contribution in [0, 0.1) is 12.8 Å². The third-order valence-electron chi connectivity index (χ3n) is 5.49. The smallest absolute Gasteiger partial charge is 0.311 e. The number of imide groups is 1. The largest absolute Gasteiger partial charge is 0.455 e. The van der Waals surface area contributed by atoms with Crippen molar-refractivity contribution < 1.29 is 23.9 Å². The van der Waals surface area contributed by atoms with E-state index in [-0.39, 0.29) is 18.0 Å². The fourth-order valence-electron chi connectivity index (χ4n) is 3.88. The number of amides is 3. The van der Waals surface area contributed by atoms with Crippen molar-refractivity contribution in [3.05, 3.63) is 76.2 Å². The number of esters is 1. The number of ether oxygens (including phenoxy) is 1. The van der Waals surface area contributed by atoms with Gasteiger partial charge in [0.2, 0.25) is 5.91 Å². The van der Waals surface area contributed by atoms with Gasteiger partial charge in [0.25, 0.3) is 11.8 Å². The molecule has 3 aromatic rings. The Morgan fingerprint density at radius 1 is 1.15 bits per heavy atom. The summed E-state index contributed by atoms with van der Waals surface area (Å²) in [5.74, 6) is -2.63. The Hall–Kier alpha value is -3.72. The number of aromatic amines is 1. The second-order valence-electron chi connectivity index (χ2n) is 7.77. The van der Waals surface area contributed by atoms with Gasteiger partial charge in [0, 0.05) is 23.2 Å². The summed E-state index contributed by atoms with van der Waals surface area (Å²) in [6, 6.07) is 13.9. The zero-order valence-electron chi connectivity index (χ0n) is 17.9. The van der Waals surface area contributed by atoms with Gasteiger partial charge < -0.3 is 14.6 Å². The fraction of sp³-hybridized carbons (Fsp3) is 0.250. The molecule has 8 nitrogen and oxygen atoms in total. The Kier molecular flexibility index (Phi) is 6.69. The Labute approximate surface area is 194 Å². The number of H-pyrrole nitrogens is 1. The van der Waals surface area contributed by atoms with Crippen LogP contribution >= 0.6 is 11.3 Å². The lowest BCUT2D eigenvalue weighted by Crippen LogP contribution is -2.46. The summed E-state index contributed by atoms with van der Waals surface area (Å²) >= 11 is 1.46. The molecule has 0 aliphatic carbocycles. The Balaban J connectivity index is 1.49. The van der Waals surface area contributed by atoms with Crippen LogP contribution in [0.3, 0.4) is 0 Å². The average molecular weight is 466 g/mol. The summed E-state index contributed by atoms with van der Waals surface area (Å²) in [4.78, 5) is 55.3. The summed E-state index contributed by atoms with van der Waals surface area (Å²) in [7, 11) is 0. The van der Waals surface area contributed by atoms with E-state index in [9.17, 15) is 19.2 Å². The third kappa shape index (κ3) is 5.04. The molecule has 0 unspecified atom stereocenters. The molecular weight excluding hydrogens is 442 g/mol. The minimum atomic E-state index is -0.724. The molecule has 2 N–H and O–H groups in total. The Bertz CT molecular complexity index is 1140. The van der Waals surface area contributed by atoms with Gasteiger partial charge in [0.1, 0.15) is 5.69 Å². The maximum atomic E-state index is 13.0. The number of piperidine rings is 1. The van der Waals surface area contributed by atoms with Gasteiger partial charge in [-0.05, 0) is 49.1 Å². The first kappa shape index (κ1) is 22.5. The Morgan fingerprint density at radius 2 is 1.94 bits per heavy atom. The molecule has 33 heavy (non-hydrogen) atoms. The number of nitrogens with one attached hydrogen (secondary N) is 2. The van der Waals surface area contributed by atoms with Gasteiger partial charge in [-0.25, -0.2) is 0 Å². The van der Waals surface area contributed by atoms with E-state index in [0.717, 1.165) is 10.4 Å². The van der Waals surface area contributed by atoms with Gasteiger partial charge in [0.15, 0.2) is 6.61 Å². The van der Waals surface area contributed by atoms with Gasteiger partial charge in [-0.1, -0.05) is 23.8 Å². The van der Waals surface area contributed by atoms with Crippen LogP contribution in [0.2, 0.25) is 0 Å². The van der Waals surface area contributed by atoms with E-state index < -0.39 is 36.4 Å². The molecule has 0 bridgehead atoms. The number of aromatic nitrogens is 1. The zero-order valence-corrected chi connectivity index (χ0v) is 18.8. The quantitative estimate of drug-likeness (QED) is 0.543. The lowest BCUT2D eigenvalue weighted by atomic mass is 9.87. The SMILES string of the molecule is Cc1ccc(N2C(=O)CC[C@@H](C(=O)OCC(=O)NC(=O)c3ccc[nH]3)[C@@H]2c2cccs2)cc1. The van der Waals surface area contributed by atoms with Gasteiger partial charge >= 0.3 is 5.97 Å². The normalized spacial score (nSPS) is 18.1. The first-order chi connectivity index (χ1) is 15.9. The molecule has 0 radical (unpaired) electrons. The maximum Gasteiger partial charge on any atom is 0.311 e. The summed E-state index contributed by atoms with van der Waals surface area (Å²) < 4.78 is 5.28. The number of hydrogen-bond donors (Lipinski definition) is 2. The molecule has 1 aliphatic rings. The number of carbonyl (C=O) groups excluding carboxylic acids is 4. The molecule has 3 heterocycles. The molecule has 4 rings (SSSR count). The number of carbonyl (C=O) groups is 4. The molecule has 1 aromatic carbocycles. The molecule has 3 amide bonds. The monoisotopic (exact) mass is 465 g/mol. The van der Waals surface area contributed by atoms with Crippen molar-refractivity contribution in [2.24, 2.45) is 5.92 Å². The molecule has 0 saturated carbocycles. The highest BCUT2D eigenvalue weighted by Crippen LogP contribution is 2.42. The highest BCUT2D eigenvalue weighted by molar-refractivity contribution is 7.10. The van der Waals surface area contributed by atoms with Crippen LogP contribution < -0.4 is 10.2 Å². The van der Waals surface area contributed by atoms with Gasteiger partial charge in [-0.2, -0.15) is 0 Å². The standard InChI is InChI=1S/C24H23N3O5S/c1-15-6-8-16(9-7-15)27-21(29)11-10-17(22(27)19-5-3-13-33-19)24(31)32-14-20(28)26-23(30)18-4-2-12-25-18/h2-9,12-13,17,22,25H,10-11,14H2,1H3,(H,26,28,30)/t17-,22-/m1/s1. The van der Waals surface area contributed by atoms with Crippen LogP contribution in [0.5, 0.6) is 0 Å². The molecule has 2 aromatic heterocycles. The van der Waals surface area contributed by atoms with E-state index in [4.69, 9.17) is 4.74 Å². The van der Waals surface area contributed by atoms with Crippen molar-refractivity contribution >= 4 is 40.7 Å². The van der Waals surface area contributed by atoms with Crippen LogP contribution in [0.4, 0.5) is 5.69 Å². The summed E-state index contributed by atoms with van der Waals surface area (Å²) in [5, 5.41) is 4.07. The van der Waals surface area contributed by atoms with Crippen molar-refractivity contribution in [1.29, 1.82) is 0 Å². The number of hydrogen-bond acceptors (Lipinski definition) is 6. The zero-order chi connectivity index (χ0) is 23.4. The van der Waals surface area contributed by atoms with E-state index in [1.54, 1.807) is 17.2 Å². The van der Waals surface area contributed by atoms with Crippen molar-refractivity contribution in [2.75, 3.05) is 11.5 Å². The molecule has 2 atom stereocenters. The minimum Gasteiger partial charge on any atom is -0.455 e. The molecule has 0 spiro atoms. The fourth-order valence-corrected chi connectivity index (χ4v) is 4.76. The second-order valence-corrected chi connectivity index (χ2v) is 8.75. The molecule has 1 saturated heterocycles. The number of nitrogens with zero attached hydrogens (tertiary/aromatic N) is 1. The van der Waals surface area contributed by atoms with Crippen LogP contribution in [0.25, 0.3) is 0 Å². The van der Waals surface area contributed by atoms with Gasteiger partial charge in [-0.15, -0.1) is 11.3 Å². The van der Waals surface area contributed by atoms with Crippen molar-refractivity contribution in [1.82, 2.24) is 10.3 Å². The van der Waals surface area contributed by atoms with Crippen molar-refractivity contribution in [3.8, 4) is 0 Å². The highest BCUT2D eigenvalue weighted by atomic mass is 32.1. The average Bonchev–Trinajstić information content (AvgIpc) is 3.52. The van der Waals surface area contributed by atoms with Crippen molar-refractivity contribution in [2.45, 2.75) is 25.8 Å². The van der Waals surface area contributed by atoms with E-state index in [0.29, 0.717) is 12.1 Å². The number of anilines is 1. The van der Waals surface area contributed by atoms with Crippen LogP contribution in [-0.4, -0.2) is 35.3 Å². The maximum absolute atomic E-state index is 13.0. The number of rotatable bonds is 6. The topological polar surface area (TPSA) is 109 Å². The summed E-state index contributed by atoms with van der Waals surface area (Å²) in [6.07, 6.45) is 2.06. The predicted molar refractivity (Wildman–Crippen MR) is 123 cm³/mol. The molecule has 1 aliphatic heterocycles. The number of benzene rings is 1. The minimum absolute atomic E-state index is 0.0735. The number of thiophene rings is 1. The summed E-state index contributed by atoms with van der Waals surface area (Å²) in [5.41, 5.74) is 1.99. The lowest BCUT2D eigenvalue weighted by Gasteiger charge is -2.39. The Morgan fingerprint density at radius 3 is 2.61 bits per heavy atom. The predicted octanol–water partition coefficient (Wildman–Crippen LogP) is 3.37. The van der Waals surface area contributed by atoms with E-state index in [2.05, 4.69) is 10.3 Å². The van der Waals surface area contributed by atoms with Crippen LogP contribution in [0.1, 0.15) is 39.8 Å². The van der Waals surface area contributed by atoms with Gasteiger partial charge in [0.05, 0.1) is 12.0 Å². The van der Waals surface area contributed by atoms with Gasteiger partial charge in [-0.3, -0.25) is 24.5 Å². The van der Waals surface area contributed by atoms with Crippen LogP contribution in [0.15, 0.2) is 60.1 Å². The summed E-state index contributed by atoms with van der Waals surface area (Å²) in [6.45, 7) is 1.38. The second kappa shape index (κ2) is 9.83. The molecular formula is C24H23N3O5S. The molecule has 1 fully saturated rings. The molecule has 170 valence electrons. The number of aryl methyl sites for hydroxylation is 1. The molecule has 9 heteroatoms. The third-order valence-corrected chi connectivity index (χ3v) is 6.43. The lowest BCUT2D eigenvalue weighted by molar-refractivity contribution is -0.154.